The fourth-order valence-corrected chi connectivity index (χ4v) is 3.95. The Hall–Kier alpha value is -1.51. The average Bonchev–Trinajstić information content (AvgIpc) is 2.36. The van der Waals surface area contributed by atoms with Crippen LogP contribution in [-0.2, 0) is 14.8 Å². The SMILES string of the molecule is C[C@@H]1CN(S(=O)(=O)c2ccc(C(=O)O)cc2F)C[C@H](C)O1. The largest absolute Gasteiger partial charge is 0.478 e. The summed E-state index contributed by atoms with van der Waals surface area (Å²) in [5.41, 5.74) is -0.296. The van der Waals surface area contributed by atoms with Crippen LogP contribution in [0.15, 0.2) is 23.1 Å². The third-order valence-corrected chi connectivity index (χ3v) is 5.05. The quantitative estimate of drug-likeness (QED) is 0.909. The Morgan fingerprint density at radius 1 is 1.33 bits per heavy atom. The lowest BCUT2D eigenvalue weighted by Gasteiger charge is -2.34. The molecule has 1 aromatic rings. The van der Waals surface area contributed by atoms with Crippen molar-refractivity contribution in [3.05, 3.63) is 29.6 Å². The highest BCUT2D eigenvalue weighted by Gasteiger charge is 2.34. The van der Waals surface area contributed by atoms with Crippen LogP contribution in [-0.4, -0.2) is 49.1 Å². The first kappa shape index (κ1) is 15.9. The van der Waals surface area contributed by atoms with Crippen molar-refractivity contribution in [3.8, 4) is 0 Å². The second-order valence-electron chi connectivity index (χ2n) is 5.03. The van der Waals surface area contributed by atoms with Gasteiger partial charge in [-0.3, -0.25) is 0 Å². The zero-order valence-electron chi connectivity index (χ0n) is 11.6. The molecule has 0 aromatic heterocycles. The maximum atomic E-state index is 14.0. The first-order valence-electron chi connectivity index (χ1n) is 6.40. The molecule has 1 fully saturated rings. The van der Waals surface area contributed by atoms with Crippen molar-refractivity contribution >= 4 is 16.0 Å². The molecule has 21 heavy (non-hydrogen) atoms. The summed E-state index contributed by atoms with van der Waals surface area (Å²) in [6.07, 6.45) is -0.574. The highest BCUT2D eigenvalue weighted by molar-refractivity contribution is 7.89. The third-order valence-electron chi connectivity index (χ3n) is 3.18. The zero-order valence-corrected chi connectivity index (χ0v) is 12.4. The van der Waals surface area contributed by atoms with Crippen molar-refractivity contribution < 1.29 is 27.4 Å². The minimum atomic E-state index is -4.02. The van der Waals surface area contributed by atoms with Crippen LogP contribution in [0.4, 0.5) is 4.39 Å². The second-order valence-corrected chi connectivity index (χ2v) is 6.94. The van der Waals surface area contributed by atoms with Crippen LogP contribution in [0.2, 0.25) is 0 Å². The second kappa shape index (κ2) is 5.70. The molecule has 0 bridgehead atoms. The summed E-state index contributed by atoms with van der Waals surface area (Å²) in [5, 5.41) is 8.78. The minimum absolute atomic E-state index is 0.132. The van der Waals surface area contributed by atoms with Crippen LogP contribution in [0.3, 0.4) is 0 Å². The fourth-order valence-electron chi connectivity index (χ4n) is 2.31. The number of carboxylic acids is 1. The molecule has 6 nitrogen and oxygen atoms in total. The first-order chi connectivity index (χ1) is 9.71. The Morgan fingerprint density at radius 2 is 1.90 bits per heavy atom. The number of hydrogen-bond donors (Lipinski definition) is 1. The molecule has 1 heterocycles. The Morgan fingerprint density at radius 3 is 2.38 bits per heavy atom. The fraction of sp³-hybridized carbons (Fsp3) is 0.462. The summed E-state index contributed by atoms with van der Waals surface area (Å²) in [7, 11) is -4.02. The van der Waals surface area contributed by atoms with Gasteiger partial charge in [0.15, 0.2) is 0 Å². The number of rotatable bonds is 3. The molecule has 1 aliphatic rings. The van der Waals surface area contributed by atoms with Gasteiger partial charge in [-0.25, -0.2) is 17.6 Å². The van der Waals surface area contributed by atoms with Crippen molar-refractivity contribution in [2.45, 2.75) is 31.0 Å². The molecule has 8 heteroatoms. The average molecular weight is 317 g/mol. The monoisotopic (exact) mass is 317 g/mol. The Kier molecular flexibility index (Phi) is 4.31. The van der Waals surface area contributed by atoms with E-state index in [9.17, 15) is 17.6 Å². The minimum Gasteiger partial charge on any atom is -0.478 e. The van der Waals surface area contributed by atoms with Gasteiger partial charge in [0.05, 0.1) is 17.8 Å². The molecule has 1 aromatic carbocycles. The van der Waals surface area contributed by atoms with E-state index < -0.39 is 26.7 Å². The van der Waals surface area contributed by atoms with Gasteiger partial charge in [0, 0.05) is 13.1 Å². The van der Waals surface area contributed by atoms with Crippen LogP contribution in [0, 0.1) is 5.82 Å². The first-order valence-corrected chi connectivity index (χ1v) is 7.84. The number of halogens is 1. The van der Waals surface area contributed by atoms with Crippen LogP contribution in [0.5, 0.6) is 0 Å². The van der Waals surface area contributed by atoms with Crippen molar-refractivity contribution in [1.29, 1.82) is 0 Å². The molecule has 0 aliphatic carbocycles. The molecule has 0 unspecified atom stereocenters. The van der Waals surface area contributed by atoms with Gasteiger partial charge < -0.3 is 9.84 Å². The van der Waals surface area contributed by atoms with Gasteiger partial charge in [-0.2, -0.15) is 4.31 Å². The summed E-state index contributed by atoms with van der Waals surface area (Å²) >= 11 is 0. The maximum Gasteiger partial charge on any atom is 0.335 e. The van der Waals surface area contributed by atoms with E-state index in [0.717, 1.165) is 16.4 Å². The molecule has 2 rings (SSSR count). The number of aromatic carboxylic acids is 1. The lowest BCUT2D eigenvalue weighted by atomic mass is 10.2. The standard InChI is InChI=1S/C13H16FNO5S/c1-8-6-15(7-9(2)20-8)21(18,19)12-4-3-10(13(16)17)5-11(12)14/h3-5,8-9H,6-7H2,1-2H3,(H,16,17)/t8-,9+. The molecule has 1 aliphatic heterocycles. The van der Waals surface area contributed by atoms with E-state index in [2.05, 4.69) is 0 Å². The van der Waals surface area contributed by atoms with E-state index in [0.29, 0.717) is 6.07 Å². The van der Waals surface area contributed by atoms with E-state index in [1.54, 1.807) is 13.8 Å². The number of ether oxygens (including phenoxy) is 1. The molecule has 0 saturated carbocycles. The van der Waals surface area contributed by atoms with E-state index >= 15 is 0 Å². The number of sulfonamides is 1. The zero-order chi connectivity index (χ0) is 15.8. The normalized spacial score (nSPS) is 24.0. The number of carbonyl (C=O) groups is 1. The van der Waals surface area contributed by atoms with E-state index in [1.807, 2.05) is 0 Å². The van der Waals surface area contributed by atoms with Crippen LogP contribution in [0.25, 0.3) is 0 Å². The van der Waals surface area contributed by atoms with Crippen LogP contribution >= 0.6 is 0 Å². The van der Waals surface area contributed by atoms with Gasteiger partial charge in [0.2, 0.25) is 10.0 Å². The molecule has 0 amide bonds. The summed E-state index contributed by atoms with van der Waals surface area (Å²) in [6.45, 7) is 3.74. The summed E-state index contributed by atoms with van der Waals surface area (Å²) < 4.78 is 45.5. The van der Waals surface area contributed by atoms with Crippen molar-refractivity contribution in [1.82, 2.24) is 4.31 Å². The molecule has 1 N–H and O–H groups in total. The number of hydrogen-bond acceptors (Lipinski definition) is 4. The smallest absolute Gasteiger partial charge is 0.335 e. The maximum absolute atomic E-state index is 14.0. The lowest BCUT2D eigenvalue weighted by Crippen LogP contribution is -2.48. The topological polar surface area (TPSA) is 83.9 Å². The van der Waals surface area contributed by atoms with Crippen molar-refractivity contribution in [2.24, 2.45) is 0 Å². The van der Waals surface area contributed by atoms with Gasteiger partial charge in [0.1, 0.15) is 10.7 Å². The Bertz CT molecular complexity index is 651. The predicted molar refractivity (Wildman–Crippen MR) is 72.1 cm³/mol. The van der Waals surface area contributed by atoms with Crippen molar-refractivity contribution in [3.63, 3.8) is 0 Å². The number of carboxylic acid groups (broad SMARTS) is 1. The summed E-state index contributed by atoms with van der Waals surface area (Å²) in [5.74, 6) is -2.38. The van der Waals surface area contributed by atoms with Gasteiger partial charge in [0.25, 0.3) is 0 Å². The summed E-state index contributed by atoms with van der Waals surface area (Å²) in [4.78, 5) is 10.2. The number of morpholine rings is 1. The molecule has 2 atom stereocenters. The van der Waals surface area contributed by atoms with Crippen LogP contribution in [0.1, 0.15) is 24.2 Å². The predicted octanol–water partition coefficient (Wildman–Crippen LogP) is 1.32. The number of benzene rings is 1. The molecule has 116 valence electrons. The highest BCUT2D eigenvalue weighted by atomic mass is 32.2. The van der Waals surface area contributed by atoms with E-state index in [-0.39, 0.29) is 30.9 Å². The van der Waals surface area contributed by atoms with Gasteiger partial charge in [-0.1, -0.05) is 0 Å². The van der Waals surface area contributed by atoms with Gasteiger partial charge in [-0.15, -0.1) is 0 Å². The molecule has 0 spiro atoms. The molecule has 0 radical (unpaired) electrons. The van der Waals surface area contributed by atoms with Crippen LogP contribution < -0.4 is 0 Å². The number of nitrogens with zero attached hydrogens (tertiary/aromatic N) is 1. The van der Waals surface area contributed by atoms with E-state index in [1.165, 1.54) is 0 Å². The highest BCUT2D eigenvalue weighted by Crippen LogP contribution is 2.24. The Labute approximate surface area is 122 Å². The molecule has 1 saturated heterocycles. The van der Waals surface area contributed by atoms with E-state index in [4.69, 9.17) is 9.84 Å². The Balaban J connectivity index is 2.37. The van der Waals surface area contributed by atoms with Gasteiger partial charge in [-0.05, 0) is 32.0 Å². The molecular formula is C13H16FNO5S. The van der Waals surface area contributed by atoms with Crippen molar-refractivity contribution in [2.75, 3.05) is 13.1 Å². The third kappa shape index (κ3) is 3.22. The lowest BCUT2D eigenvalue weighted by molar-refractivity contribution is -0.0441. The molecular weight excluding hydrogens is 301 g/mol. The van der Waals surface area contributed by atoms with Gasteiger partial charge >= 0.3 is 5.97 Å². The summed E-state index contributed by atoms with van der Waals surface area (Å²) in [6, 6.07) is 2.77.